The molecule has 3 aromatic rings. The molecule has 3 rings (SSSR count). The maximum absolute atomic E-state index is 11.0. The highest BCUT2D eigenvalue weighted by Crippen LogP contribution is 2.44. The Labute approximate surface area is 156 Å². The highest BCUT2D eigenvalue weighted by molar-refractivity contribution is 9.11. The van der Waals surface area contributed by atoms with E-state index in [2.05, 4.69) is 57.0 Å². The van der Waals surface area contributed by atoms with Crippen LogP contribution in [-0.2, 0) is 11.2 Å². The number of carboxylic acids is 1. The molecule has 0 radical (unpaired) electrons. The van der Waals surface area contributed by atoms with Gasteiger partial charge in [-0.2, -0.15) is 0 Å². The number of hydrogen-bond donors (Lipinski definition) is 1. The summed E-state index contributed by atoms with van der Waals surface area (Å²) in [4.78, 5) is 15.7. The first-order valence-electron chi connectivity index (χ1n) is 6.30. The van der Waals surface area contributed by atoms with Gasteiger partial charge >= 0.3 is 5.97 Å². The van der Waals surface area contributed by atoms with Gasteiger partial charge in [-0.05, 0) is 74.2 Å². The highest BCUT2D eigenvalue weighted by Gasteiger charge is 2.16. The molecule has 0 atom stereocenters. The number of carbonyl (C=O) groups is 1. The second-order valence-corrected chi connectivity index (χ2v) is 10.6. The molecular weight excluding hydrogens is 468 g/mol. The number of hydrogen-bond acceptors (Lipinski definition) is 4. The largest absolute Gasteiger partial charge is 0.481 e. The lowest BCUT2D eigenvalue weighted by atomic mass is 10.2. The van der Waals surface area contributed by atoms with Crippen molar-refractivity contribution in [1.82, 2.24) is 0 Å². The number of aryl methyl sites for hydroxylation is 1. The van der Waals surface area contributed by atoms with Crippen LogP contribution in [0.1, 0.15) is 11.1 Å². The number of thiophene rings is 3. The van der Waals surface area contributed by atoms with Gasteiger partial charge in [-0.25, -0.2) is 0 Å². The van der Waals surface area contributed by atoms with Gasteiger partial charge < -0.3 is 5.11 Å². The van der Waals surface area contributed by atoms with E-state index in [1.807, 2.05) is 6.07 Å². The zero-order valence-electron chi connectivity index (χ0n) is 11.4. The van der Waals surface area contributed by atoms with Crippen molar-refractivity contribution >= 4 is 71.8 Å². The van der Waals surface area contributed by atoms with E-state index in [4.69, 9.17) is 5.11 Å². The first kappa shape index (κ1) is 16.4. The second-order valence-electron chi connectivity index (χ2n) is 4.70. The van der Waals surface area contributed by atoms with Crippen molar-refractivity contribution in [1.29, 1.82) is 0 Å². The summed E-state index contributed by atoms with van der Waals surface area (Å²) in [5.41, 5.74) is 2.12. The Balaban J connectivity index is 2.01. The van der Waals surface area contributed by atoms with Crippen LogP contribution in [0.25, 0.3) is 19.5 Å². The lowest BCUT2D eigenvalue weighted by Crippen LogP contribution is -1.99. The summed E-state index contributed by atoms with van der Waals surface area (Å²) in [5, 5.41) is 9.06. The monoisotopic (exact) mass is 476 g/mol. The van der Waals surface area contributed by atoms with E-state index < -0.39 is 5.97 Å². The fourth-order valence-electron chi connectivity index (χ4n) is 2.17. The molecule has 22 heavy (non-hydrogen) atoms. The molecule has 3 heterocycles. The molecule has 2 nitrogen and oxygen atoms in total. The number of carboxylic acid groups (broad SMARTS) is 1. The van der Waals surface area contributed by atoms with Crippen molar-refractivity contribution in [2.75, 3.05) is 0 Å². The fraction of sp³-hybridized carbons (Fsp3) is 0.133. The van der Waals surface area contributed by atoms with Crippen molar-refractivity contribution in [2.45, 2.75) is 13.3 Å². The van der Waals surface area contributed by atoms with Gasteiger partial charge in [0.1, 0.15) is 0 Å². The van der Waals surface area contributed by atoms with Crippen molar-refractivity contribution in [3.05, 3.63) is 43.0 Å². The zero-order valence-corrected chi connectivity index (χ0v) is 17.0. The summed E-state index contributed by atoms with van der Waals surface area (Å²) in [7, 11) is 0. The molecule has 3 aromatic heterocycles. The average Bonchev–Trinajstić information content (AvgIpc) is 3.08. The van der Waals surface area contributed by atoms with E-state index in [1.54, 1.807) is 34.0 Å². The molecule has 0 unspecified atom stereocenters. The van der Waals surface area contributed by atoms with Crippen LogP contribution in [0, 0.1) is 6.92 Å². The summed E-state index contributed by atoms with van der Waals surface area (Å²) < 4.78 is 2.09. The molecule has 0 aliphatic rings. The predicted molar refractivity (Wildman–Crippen MR) is 102 cm³/mol. The third-order valence-electron chi connectivity index (χ3n) is 3.06. The number of halogens is 2. The van der Waals surface area contributed by atoms with Crippen LogP contribution < -0.4 is 0 Å². The van der Waals surface area contributed by atoms with Gasteiger partial charge in [0.15, 0.2) is 0 Å². The minimum Gasteiger partial charge on any atom is -0.481 e. The Bertz CT molecular complexity index is 845. The van der Waals surface area contributed by atoms with Crippen molar-refractivity contribution in [3.63, 3.8) is 0 Å². The van der Waals surface area contributed by atoms with Crippen LogP contribution in [0.5, 0.6) is 0 Å². The summed E-state index contributed by atoms with van der Waals surface area (Å²) >= 11 is 12.0. The van der Waals surface area contributed by atoms with Crippen molar-refractivity contribution in [2.24, 2.45) is 0 Å². The molecule has 0 amide bonds. The van der Waals surface area contributed by atoms with Gasteiger partial charge in [-0.15, -0.1) is 34.0 Å². The van der Waals surface area contributed by atoms with E-state index in [1.165, 1.54) is 15.3 Å². The molecule has 7 heteroatoms. The van der Waals surface area contributed by atoms with Crippen LogP contribution >= 0.6 is 65.9 Å². The molecule has 0 aliphatic carbocycles. The third kappa shape index (κ3) is 3.38. The molecule has 0 aromatic carbocycles. The van der Waals surface area contributed by atoms with Crippen LogP contribution in [0.4, 0.5) is 0 Å². The lowest BCUT2D eigenvalue weighted by molar-refractivity contribution is -0.136. The minimum atomic E-state index is -0.804. The molecule has 1 N–H and O–H groups in total. The van der Waals surface area contributed by atoms with Gasteiger partial charge in [0, 0.05) is 19.5 Å². The Morgan fingerprint density at radius 1 is 1.05 bits per heavy atom. The topological polar surface area (TPSA) is 37.3 Å². The Morgan fingerprint density at radius 2 is 1.64 bits per heavy atom. The molecule has 0 saturated carbocycles. The molecule has 0 saturated heterocycles. The molecular formula is C15H10Br2O2S3. The van der Waals surface area contributed by atoms with E-state index >= 15 is 0 Å². The van der Waals surface area contributed by atoms with Gasteiger partial charge in [0.25, 0.3) is 0 Å². The van der Waals surface area contributed by atoms with E-state index in [0.29, 0.717) is 0 Å². The first-order chi connectivity index (χ1) is 10.4. The standard InChI is InChI=1S/C15H10Br2O2S3/c1-7-4-11(16)21-14(7)9-2-3-10(20-9)15-8(6-13(18)19)5-12(17)22-15/h2-5H,6H2,1H3,(H,18,19). The fourth-order valence-corrected chi connectivity index (χ4v) is 6.89. The number of aliphatic carboxylic acids is 1. The highest BCUT2D eigenvalue weighted by atomic mass is 79.9. The summed E-state index contributed by atoms with van der Waals surface area (Å²) in [5.74, 6) is -0.804. The average molecular weight is 478 g/mol. The minimum absolute atomic E-state index is 0.0498. The van der Waals surface area contributed by atoms with E-state index in [0.717, 1.165) is 22.9 Å². The van der Waals surface area contributed by atoms with Gasteiger partial charge in [-0.1, -0.05) is 0 Å². The molecule has 0 aliphatic heterocycles. The molecule has 0 fully saturated rings. The quantitative estimate of drug-likeness (QED) is 0.455. The summed E-state index contributed by atoms with van der Waals surface area (Å²) in [6.07, 6.45) is 0.0498. The zero-order chi connectivity index (χ0) is 15.9. The Kier molecular flexibility index (Phi) is 4.89. The van der Waals surface area contributed by atoms with Crippen molar-refractivity contribution in [3.8, 4) is 19.5 Å². The van der Waals surface area contributed by atoms with Gasteiger partial charge in [-0.3, -0.25) is 4.79 Å². The maximum atomic E-state index is 11.0. The van der Waals surface area contributed by atoms with Crippen LogP contribution in [0.3, 0.4) is 0 Å². The van der Waals surface area contributed by atoms with Crippen molar-refractivity contribution < 1.29 is 9.90 Å². The molecule has 0 bridgehead atoms. The third-order valence-corrected chi connectivity index (χ3v) is 7.93. The van der Waals surface area contributed by atoms with Crippen LogP contribution in [0.2, 0.25) is 0 Å². The first-order valence-corrected chi connectivity index (χ1v) is 10.3. The smallest absolute Gasteiger partial charge is 0.307 e. The van der Waals surface area contributed by atoms with Crippen LogP contribution in [0.15, 0.2) is 31.8 Å². The van der Waals surface area contributed by atoms with Gasteiger partial charge in [0.2, 0.25) is 0 Å². The molecule has 0 spiro atoms. The maximum Gasteiger partial charge on any atom is 0.307 e. The van der Waals surface area contributed by atoms with E-state index in [9.17, 15) is 4.79 Å². The second kappa shape index (κ2) is 6.57. The SMILES string of the molecule is Cc1cc(Br)sc1-c1ccc(-c2sc(Br)cc2CC(=O)O)s1. The Hall–Kier alpha value is -0.470. The summed E-state index contributed by atoms with van der Waals surface area (Å²) in [6.45, 7) is 2.10. The van der Waals surface area contributed by atoms with E-state index in [-0.39, 0.29) is 6.42 Å². The number of rotatable bonds is 4. The Morgan fingerprint density at radius 3 is 2.23 bits per heavy atom. The predicted octanol–water partition coefficient (Wildman–Crippen LogP) is 6.67. The van der Waals surface area contributed by atoms with Gasteiger partial charge in [0.05, 0.1) is 14.0 Å². The molecule has 114 valence electrons. The lowest BCUT2D eigenvalue weighted by Gasteiger charge is -1.98. The summed E-state index contributed by atoms with van der Waals surface area (Å²) in [6, 6.07) is 8.22. The normalized spacial score (nSPS) is 11.0. The van der Waals surface area contributed by atoms with Crippen LogP contribution in [-0.4, -0.2) is 11.1 Å².